The number of carbonyl (C=O) groups excluding carboxylic acids is 1. The molecule has 2 aromatic rings. The summed E-state index contributed by atoms with van der Waals surface area (Å²) in [7, 11) is 0. The summed E-state index contributed by atoms with van der Waals surface area (Å²) in [6.45, 7) is 2.72. The molecule has 0 unspecified atom stereocenters. The van der Waals surface area contributed by atoms with Crippen LogP contribution in [0.3, 0.4) is 0 Å². The van der Waals surface area contributed by atoms with E-state index in [9.17, 15) is 4.79 Å². The summed E-state index contributed by atoms with van der Waals surface area (Å²) in [6, 6.07) is 20.8. The molecule has 0 spiro atoms. The van der Waals surface area contributed by atoms with Crippen LogP contribution >= 0.6 is 11.8 Å². The maximum Gasteiger partial charge on any atom is 0.232 e. The molecule has 3 nitrogen and oxygen atoms in total. The van der Waals surface area contributed by atoms with Crippen molar-refractivity contribution in [3.8, 4) is 0 Å². The molecule has 0 atom stereocenters. The van der Waals surface area contributed by atoms with Crippen molar-refractivity contribution in [2.75, 3.05) is 32.1 Å². The third kappa shape index (κ3) is 4.36. The Bertz CT molecular complexity index is 572. The van der Waals surface area contributed by atoms with Crippen molar-refractivity contribution in [3.05, 3.63) is 71.8 Å². The van der Waals surface area contributed by atoms with Crippen molar-refractivity contribution in [1.82, 2.24) is 4.90 Å². The van der Waals surface area contributed by atoms with Gasteiger partial charge in [0.15, 0.2) is 0 Å². The Labute approximate surface area is 141 Å². The summed E-state index contributed by atoms with van der Waals surface area (Å²) in [5.74, 6) is 0.698. The lowest BCUT2D eigenvalue weighted by molar-refractivity contribution is -0.132. The van der Waals surface area contributed by atoms with Gasteiger partial charge in [0, 0.05) is 13.1 Å². The molecule has 0 N–H and O–H groups in total. The highest BCUT2D eigenvalue weighted by Crippen LogP contribution is 2.35. The van der Waals surface area contributed by atoms with Crippen LogP contribution < -0.4 is 0 Å². The van der Waals surface area contributed by atoms with Gasteiger partial charge in [-0.15, -0.1) is 11.8 Å². The summed E-state index contributed by atoms with van der Waals surface area (Å²) in [4.78, 5) is 14.3. The van der Waals surface area contributed by atoms with Crippen LogP contribution in [-0.4, -0.2) is 42.9 Å². The number of hydrogen-bond donors (Lipinski definition) is 0. The van der Waals surface area contributed by atoms with Crippen LogP contribution in [0.5, 0.6) is 0 Å². The van der Waals surface area contributed by atoms with Gasteiger partial charge in [0.05, 0.1) is 24.2 Å². The van der Waals surface area contributed by atoms with Crippen LogP contribution in [0.15, 0.2) is 60.7 Å². The van der Waals surface area contributed by atoms with Crippen molar-refractivity contribution in [1.29, 1.82) is 0 Å². The van der Waals surface area contributed by atoms with Gasteiger partial charge in [-0.2, -0.15) is 0 Å². The molecule has 1 aliphatic heterocycles. The molecule has 4 heteroatoms. The molecule has 0 saturated carbocycles. The fraction of sp³-hybridized carbons (Fsp3) is 0.316. The van der Waals surface area contributed by atoms with E-state index in [0.29, 0.717) is 32.1 Å². The van der Waals surface area contributed by atoms with Gasteiger partial charge in [-0.05, 0) is 11.1 Å². The van der Waals surface area contributed by atoms with E-state index in [0.717, 1.165) is 0 Å². The number of benzene rings is 2. The average molecular weight is 327 g/mol. The SMILES string of the molecule is O=C(CSC(c1ccccc1)c1ccccc1)N1CCOCC1. The van der Waals surface area contributed by atoms with E-state index in [-0.39, 0.29) is 11.2 Å². The zero-order valence-electron chi connectivity index (χ0n) is 13.1. The molecule has 0 aliphatic carbocycles. The first-order chi connectivity index (χ1) is 11.3. The van der Waals surface area contributed by atoms with Gasteiger partial charge in [0.25, 0.3) is 0 Å². The first kappa shape index (κ1) is 16.1. The number of carbonyl (C=O) groups is 1. The lowest BCUT2D eigenvalue weighted by atomic mass is 10.0. The number of amides is 1. The Hall–Kier alpha value is -1.78. The Kier molecular flexibility index (Phi) is 5.72. The Balaban J connectivity index is 1.70. The third-order valence-corrected chi connectivity index (χ3v) is 5.23. The van der Waals surface area contributed by atoms with Crippen molar-refractivity contribution in [3.63, 3.8) is 0 Å². The van der Waals surface area contributed by atoms with E-state index in [4.69, 9.17) is 4.74 Å². The van der Waals surface area contributed by atoms with Crippen LogP contribution in [0, 0.1) is 0 Å². The second-order valence-corrected chi connectivity index (χ2v) is 6.60. The zero-order chi connectivity index (χ0) is 15.9. The van der Waals surface area contributed by atoms with Crippen LogP contribution in [0.2, 0.25) is 0 Å². The standard InChI is InChI=1S/C19H21NO2S/c21-18(20-11-13-22-14-12-20)15-23-19(16-7-3-1-4-8-16)17-9-5-2-6-10-17/h1-10,19H,11-15H2. The number of rotatable bonds is 5. The first-order valence-electron chi connectivity index (χ1n) is 7.91. The maximum absolute atomic E-state index is 12.4. The summed E-state index contributed by atoms with van der Waals surface area (Å²) in [5.41, 5.74) is 2.47. The molecule has 1 heterocycles. The summed E-state index contributed by atoms with van der Waals surface area (Å²) < 4.78 is 5.31. The van der Waals surface area contributed by atoms with Gasteiger partial charge in [0.2, 0.25) is 5.91 Å². The third-order valence-electron chi connectivity index (χ3n) is 3.94. The highest BCUT2D eigenvalue weighted by Gasteiger charge is 2.20. The Morgan fingerprint density at radius 2 is 1.48 bits per heavy atom. The van der Waals surface area contributed by atoms with E-state index in [2.05, 4.69) is 48.5 Å². The highest BCUT2D eigenvalue weighted by molar-refractivity contribution is 8.00. The van der Waals surface area contributed by atoms with E-state index in [1.54, 1.807) is 11.8 Å². The van der Waals surface area contributed by atoms with Crippen LogP contribution in [-0.2, 0) is 9.53 Å². The molecular formula is C19H21NO2S. The van der Waals surface area contributed by atoms with Gasteiger partial charge in [-0.1, -0.05) is 60.7 Å². The molecule has 0 aromatic heterocycles. The number of ether oxygens (including phenoxy) is 1. The molecule has 1 amide bonds. The van der Waals surface area contributed by atoms with Crippen molar-refractivity contribution >= 4 is 17.7 Å². The minimum Gasteiger partial charge on any atom is -0.378 e. The Morgan fingerprint density at radius 3 is 2.00 bits per heavy atom. The molecule has 1 fully saturated rings. The van der Waals surface area contributed by atoms with E-state index in [1.165, 1.54) is 11.1 Å². The number of nitrogens with zero attached hydrogens (tertiary/aromatic N) is 1. The van der Waals surface area contributed by atoms with Crippen molar-refractivity contribution in [2.45, 2.75) is 5.25 Å². The van der Waals surface area contributed by atoms with Crippen LogP contribution in [0.4, 0.5) is 0 Å². The fourth-order valence-electron chi connectivity index (χ4n) is 2.70. The molecule has 23 heavy (non-hydrogen) atoms. The Morgan fingerprint density at radius 1 is 0.957 bits per heavy atom. The molecular weight excluding hydrogens is 306 g/mol. The minimum absolute atomic E-state index is 0.183. The number of hydrogen-bond acceptors (Lipinski definition) is 3. The first-order valence-corrected chi connectivity index (χ1v) is 8.96. The molecule has 1 saturated heterocycles. The summed E-state index contributed by atoms with van der Waals surface area (Å²) >= 11 is 1.70. The van der Waals surface area contributed by atoms with Crippen molar-refractivity contribution < 1.29 is 9.53 Å². The van der Waals surface area contributed by atoms with E-state index >= 15 is 0 Å². The second kappa shape index (κ2) is 8.18. The van der Waals surface area contributed by atoms with Crippen molar-refractivity contribution in [2.24, 2.45) is 0 Å². The topological polar surface area (TPSA) is 29.5 Å². The van der Waals surface area contributed by atoms with Gasteiger partial charge < -0.3 is 9.64 Å². The van der Waals surface area contributed by atoms with Gasteiger partial charge in [-0.25, -0.2) is 0 Å². The smallest absolute Gasteiger partial charge is 0.232 e. The lowest BCUT2D eigenvalue weighted by Gasteiger charge is -2.27. The average Bonchev–Trinajstić information content (AvgIpc) is 2.64. The number of thioether (sulfide) groups is 1. The van der Waals surface area contributed by atoms with Crippen LogP contribution in [0.1, 0.15) is 16.4 Å². The molecule has 2 aromatic carbocycles. The minimum atomic E-state index is 0.183. The van der Waals surface area contributed by atoms with Gasteiger partial charge in [-0.3, -0.25) is 4.79 Å². The summed E-state index contributed by atoms with van der Waals surface area (Å²) in [5, 5.41) is 0.183. The highest BCUT2D eigenvalue weighted by atomic mass is 32.2. The molecule has 0 radical (unpaired) electrons. The largest absolute Gasteiger partial charge is 0.378 e. The summed E-state index contributed by atoms with van der Waals surface area (Å²) in [6.07, 6.45) is 0. The lowest BCUT2D eigenvalue weighted by Crippen LogP contribution is -2.41. The number of morpholine rings is 1. The molecule has 0 bridgehead atoms. The normalized spacial score (nSPS) is 14.9. The molecule has 120 valence electrons. The van der Waals surface area contributed by atoms with Crippen LogP contribution in [0.25, 0.3) is 0 Å². The predicted molar refractivity (Wildman–Crippen MR) is 94.6 cm³/mol. The van der Waals surface area contributed by atoms with E-state index < -0.39 is 0 Å². The monoisotopic (exact) mass is 327 g/mol. The van der Waals surface area contributed by atoms with Gasteiger partial charge in [0.1, 0.15) is 0 Å². The fourth-order valence-corrected chi connectivity index (χ4v) is 3.89. The van der Waals surface area contributed by atoms with E-state index in [1.807, 2.05) is 17.0 Å². The predicted octanol–water partition coefficient (Wildman–Crippen LogP) is 3.37. The van der Waals surface area contributed by atoms with Gasteiger partial charge >= 0.3 is 0 Å². The molecule has 3 rings (SSSR count). The maximum atomic E-state index is 12.4. The quantitative estimate of drug-likeness (QED) is 0.843. The molecule has 1 aliphatic rings. The second-order valence-electron chi connectivity index (χ2n) is 5.51. The zero-order valence-corrected chi connectivity index (χ0v) is 13.9.